The molecule has 1 saturated heterocycles. The van der Waals surface area contributed by atoms with Crippen LogP contribution in [0, 0.1) is 0 Å². The first-order chi connectivity index (χ1) is 10.6. The van der Waals surface area contributed by atoms with Gasteiger partial charge in [-0.2, -0.15) is 0 Å². The van der Waals surface area contributed by atoms with Gasteiger partial charge in [-0.3, -0.25) is 0 Å². The van der Waals surface area contributed by atoms with Crippen molar-refractivity contribution in [1.82, 2.24) is 0 Å². The van der Waals surface area contributed by atoms with E-state index in [1.807, 2.05) is 0 Å². The molecule has 0 radical (unpaired) electrons. The zero-order chi connectivity index (χ0) is 16.7. The molecule has 1 heterocycles. The Hall–Kier alpha value is -0.795. The second kappa shape index (κ2) is 4.43. The summed E-state index contributed by atoms with van der Waals surface area (Å²) < 4.78 is 12.7. The third-order valence-electron chi connectivity index (χ3n) is 6.99. The summed E-state index contributed by atoms with van der Waals surface area (Å²) in [6.07, 6.45) is 3.66. The fourth-order valence-corrected chi connectivity index (χ4v) is 4.74. The summed E-state index contributed by atoms with van der Waals surface area (Å²) in [5, 5.41) is 0.263. The van der Waals surface area contributed by atoms with Crippen LogP contribution in [0.3, 0.4) is 0 Å². The Morgan fingerprint density at radius 2 is 1.52 bits per heavy atom. The molecule has 2 bridgehead atoms. The third kappa shape index (κ3) is 2.02. The fourth-order valence-electron chi connectivity index (χ4n) is 4.74. The topological polar surface area (TPSA) is 18.5 Å². The Balaban J connectivity index is 1.50. The molecular formula is C20H29BO2. The average molecular weight is 312 g/mol. The fraction of sp³-hybridized carbons (Fsp3) is 0.700. The standard InChI is InChI=1S/C20H29BO2/c1-14(2)15-8-7-9-16(10-15)19-11-20(12-19,13-19)21-22-17(3,4)18(5,6)23-21/h7-10,14H,11-13H2,1-6H3. The van der Waals surface area contributed by atoms with E-state index in [0.29, 0.717) is 11.3 Å². The van der Waals surface area contributed by atoms with Crippen LogP contribution in [0.25, 0.3) is 0 Å². The molecule has 3 saturated carbocycles. The van der Waals surface area contributed by atoms with Gasteiger partial charge in [0.25, 0.3) is 0 Å². The molecule has 3 heteroatoms. The summed E-state index contributed by atoms with van der Waals surface area (Å²) in [7, 11) is -0.0253. The largest absolute Gasteiger partial charge is 0.464 e. The minimum absolute atomic E-state index is 0.0253. The number of hydrogen-bond donors (Lipinski definition) is 0. The van der Waals surface area contributed by atoms with Crippen molar-refractivity contribution in [1.29, 1.82) is 0 Å². The highest BCUT2D eigenvalue weighted by Crippen LogP contribution is 2.80. The molecule has 4 fully saturated rings. The van der Waals surface area contributed by atoms with Gasteiger partial charge in [0.15, 0.2) is 0 Å². The summed E-state index contributed by atoms with van der Waals surface area (Å²) in [4.78, 5) is 0. The molecule has 0 N–H and O–H groups in total. The quantitative estimate of drug-likeness (QED) is 0.725. The van der Waals surface area contributed by atoms with E-state index in [1.54, 1.807) is 0 Å². The van der Waals surface area contributed by atoms with Crippen LogP contribution >= 0.6 is 0 Å². The molecule has 0 amide bonds. The molecule has 1 aromatic rings. The zero-order valence-electron chi connectivity index (χ0n) is 15.4. The van der Waals surface area contributed by atoms with E-state index in [-0.39, 0.29) is 23.6 Å². The van der Waals surface area contributed by atoms with Gasteiger partial charge < -0.3 is 9.31 Å². The van der Waals surface area contributed by atoms with Crippen LogP contribution in [0.5, 0.6) is 0 Å². The Labute approximate surface area is 141 Å². The highest BCUT2D eigenvalue weighted by molar-refractivity contribution is 6.51. The minimum Gasteiger partial charge on any atom is -0.403 e. The molecule has 3 aliphatic carbocycles. The summed E-state index contributed by atoms with van der Waals surface area (Å²) in [6.45, 7) is 13.2. The normalized spacial score (nSPS) is 36.7. The average Bonchev–Trinajstić information content (AvgIpc) is 2.55. The molecule has 0 spiro atoms. The third-order valence-corrected chi connectivity index (χ3v) is 6.99. The maximum Gasteiger partial charge on any atom is 0.464 e. The predicted molar refractivity (Wildman–Crippen MR) is 94.8 cm³/mol. The van der Waals surface area contributed by atoms with E-state index < -0.39 is 0 Å². The molecular weight excluding hydrogens is 283 g/mol. The zero-order valence-corrected chi connectivity index (χ0v) is 15.4. The van der Waals surface area contributed by atoms with Crippen molar-refractivity contribution in [3.63, 3.8) is 0 Å². The van der Waals surface area contributed by atoms with Crippen molar-refractivity contribution in [2.45, 2.75) is 88.7 Å². The predicted octanol–water partition coefficient (Wildman–Crippen LogP) is 5.08. The van der Waals surface area contributed by atoms with Crippen molar-refractivity contribution in [2.24, 2.45) is 0 Å². The summed E-state index contributed by atoms with van der Waals surface area (Å²) in [5.74, 6) is 0.597. The van der Waals surface area contributed by atoms with Gasteiger partial charge in [0.2, 0.25) is 0 Å². The van der Waals surface area contributed by atoms with Crippen molar-refractivity contribution >= 4 is 7.12 Å². The molecule has 4 aliphatic rings. The van der Waals surface area contributed by atoms with E-state index in [9.17, 15) is 0 Å². The Bertz CT molecular complexity index is 611. The van der Waals surface area contributed by atoms with E-state index in [1.165, 1.54) is 30.4 Å². The van der Waals surface area contributed by atoms with Gasteiger partial charge in [-0.25, -0.2) is 0 Å². The van der Waals surface area contributed by atoms with Gasteiger partial charge in [0.05, 0.1) is 11.2 Å². The molecule has 2 nitrogen and oxygen atoms in total. The lowest BCUT2D eigenvalue weighted by molar-refractivity contribution is -0.0384. The van der Waals surface area contributed by atoms with Crippen molar-refractivity contribution < 1.29 is 9.31 Å². The Morgan fingerprint density at radius 3 is 2.04 bits per heavy atom. The van der Waals surface area contributed by atoms with Crippen LogP contribution in [0.15, 0.2) is 24.3 Å². The lowest BCUT2D eigenvalue weighted by Crippen LogP contribution is -2.66. The van der Waals surface area contributed by atoms with Crippen molar-refractivity contribution in [3.8, 4) is 0 Å². The van der Waals surface area contributed by atoms with Gasteiger partial charge in [-0.05, 0) is 69.4 Å². The minimum atomic E-state index is -0.211. The van der Waals surface area contributed by atoms with Gasteiger partial charge in [-0.1, -0.05) is 38.1 Å². The Kier molecular flexibility index (Phi) is 3.03. The first-order valence-corrected chi connectivity index (χ1v) is 9.05. The molecule has 0 atom stereocenters. The second-order valence-electron chi connectivity index (χ2n) is 9.54. The van der Waals surface area contributed by atoms with Crippen LogP contribution in [-0.4, -0.2) is 18.3 Å². The lowest BCUT2D eigenvalue weighted by Gasteiger charge is -2.71. The smallest absolute Gasteiger partial charge is 0.403 e. The summed E-state index contributed by atoms with van der Waals surface area (Å²) in [5.41, 5.74) is 2.96. The molecule has 23 heavy (non-hydrogen) atoms. The van der Waals surface area contributed by atoms with Crippen molar-refractivity contribution in [2.75, 3.05) is 0 Å². The maximum atomic E-state index is 6.33. The highest BCUT2D eigenvalue weighted by atomic mass is 16.7. The van der Waals surface area contributed by atoms with Gasteiger partial charge in [0.1, 0.15) is 0 Å². The van der Waals surface area contributed by atoms with Crippen LogP contribution in [0.1, 0.15) is 77.8 Å². The molecule has 0 unspecified atom stereocenters. The van der Waals surface area contributed by atoms with E-state index in [4.69, 9.17) is 9.31 Å². The maximum absolute atomic E-state index is 6.33. The van der Waals surface area contributed by atoms with Gasteiger partial charge in [-0.15, -0.1) is 0 Å². The highest BCUT2D eigenvalue weighted by Gasteiger charge is 2.76. The molecule has 1 aromatic carbocycles. The van der Waals surface area contributed by atoms with E-state index >= 15 is 0 Å². The van der Waals surface area contributed by atoms with Crippen LogP contribution < -0.4 is 0 Å². The number of benzene rings is 1. The molecule has 124 valence electrons. The van der Waals surface area contributed by atoms with Crippen LogP contribution in [-0.2, 0) is 14.7 Å². The van der Waals surface area contributed by atoms with Crippen LogP contribution in [0.2, 0.25) is 5.31 Å². The summed E-state index contributed by atoms with van der Waals surface area (Å²) >= 11 is 0. The molecule has 0 aromatic heterocycles. The van der Waals surface area contributed by atoms with Gasteiger partial charge >= 0.3 is 7.12 Å². The molecule has 1 aliphatic heterocycles. The second-order valence-corrected chi connectivity index (χ2v) is 9.54. The van der Waals surface area contributed by atoms with Gasteiger partial charge in [0, 0.05) is 5.31 Å². The monoisotopic (exact) mass is 312 g/mol. The van der Waals surface area contributed by atoms with E-state index in [0.717, 1.165) is 0 Å². The van der Waals surface area contributed by atoms with Crippen LogP contribution in [0.4, 0.5) is 0 Å². The Morgan fingerprint density at radius 1 is 0.957 bits per heavy atom. The first-order valence-electron chi connectivity index (χ1n) is 9.05. The number of rotatable bonds is 3. The SMILES string of the molecule is CC(C)c1cccc(C23CC(B4OC(C)(C)C(C)(C)O4)(C2)C3)c1. The summed E-state index contributed by atoms with van der Waals surface area (Å²) in [6, 6.07) is 9.23. The number of hydrogen-bond acceptors (Lipinski definition) is 2. The van der Waals surface area contributed by atoms with Crippen molar-refractivity contribution in [3.05, 3.63) is 35.4 Å². The van der Waals surface area contributed by atoms with E-state index in [2.05, 4.69) is 65.8 Å². The first kappa shape index (κ1) is 15.7. The lowest BCUT2D eigenvalue weighted by atomic mass is 9.23. The molecule has 5 rings (SSSR count).